The Kier molecular flexibility index (Phi) is 4.14. The summed E-state index contributed by atoms with van der Waals surface area (Å²) in [6.45, 7) is 1.96. The van der Waals surface area contributed by atoms with E-state index in [4.69, 9.17) is 9.84 Å². The van der Waals surface area contributed by atoms with Crippen LogP contribution in [0.2, 0.25) is 0 Å². The molecule has 7 heteroatoms. The SMILES string of the molecule is CNc1nc(OC)nc(N2CCC(CO)CC2)n1. The van der Waals surface area contributed by atoms with Crippen LogP contribution in [0.5, 0.6) is 6.01 Å². The van der Waals surface area contributed by atoms with Crippen molar-refractivity contribution >= 4 is 11.9 Å². The molecule has 100 valence electrons. The topological polar surface area (TPSA) is 83.4 Å². The van der Waals surface area contributed by atoms with Crippen LogP contribution in [0.4, 0.5) is 11.9 Å². The Morgan fingerprint density at radius 3 is 2.61 bits per heavy atom. The second-order valence-corrected chi connectivity index (χ2v) is 4.31. The van der Waals surface area contributed by atoms with E-state index < -0.39 is 0 Å². The van der Waals surface area contributed by atoms with Crippen molar-refractivity contribution in [3.63, 3.8) is 0 Å². The third-order valence-corrected chi connectivity index (χ3v) is 3.16. The molecule has 2 N–H and O–H groups in total. The molecule has 2 heterocycles. The maximum atomic E-state index is 9.12. The van der Waals surface area contributed by atoms with E-state index in [9.17, 15) is 0 Å². The van der Waals surface area contributed by atoms with E-state index in [1.807, 2.05) is 0 Å². The minimum atomic E-state index is 0.260. The van der Waals surface area contributed by atoms with Crippen LogP contribution in [0.1, 0.15) is 12.8 Å². The van der Waals surface area contributed by atoms with E-state index in [0.29, 0.717) is 23.8 Å². The largest absolute Gasteiger partial charge is 0.467 e. The summed E-state index contributed by atoms with van der Waals surface area (Å²) >= 11 is 0. The van der Waals surface area contributed by atoms with Crippen LogP contribution >= 0.6 is 0 Å². The van der Waals surface area contributed by atoms with Crippen molar-refractivity contribution in [2.75, 3.05) is 44.1 Å². The smallest absolute Gasteiger partial charge is 0.322 e. The molecular weight excluding hydrogens is 234 g/mol. The number of rotatable bonds is 4. The molecule has 0 spiro atoms. The molecule has 18 heavy (non-hydrogen) atoms. The summed E-state index contributed by atoms with van der Waals surface area (Å²) in [7, 11) is 3.30. The van der Waals surface area contributed by atoms with Gasteiger partial charge in [-0.3, -0.25) is 0 Å². The molecule has 1 fully saturated rings. The van der Waals surface area contributed by atoms with Crippen LogP contribution < -0.4 is 15.0 Å². The van der Waals surface area contributed by atoms with Crippen LogP contribution in [0.15, 0.2) is 0 Å². The van der Waals surface area contributed by atoms with E-state index in [1.165, 1.54) is 7.11 Å². The summed E-state index contributed by atoms with van der Waals surface area (Å²) in [5, 5.41) is 12.0. The standard InChI is InChI=1S/C11H19N5O2/c1-12-9-13-10(15-11(14-9)18-2)16-5-3-8(7-17)4-6-16/h8,17H,3-7H2,1-2H3,(H,12,13,14,15). The fourth-order valence-corrected chi connectivity index (χ4v) is 2.01. The lowest BCUT2D eigenvalue weighted by molar-refractivity contribution is 0.202. The van der Waals surface area contributed by atoms with E-state index in [0.717, 1.165) is 25.9 Å². The van der Waals surface area contributed by atoms with E-state index in [-0.39, 0.29) is 6.61 Å². The number of nitrogens with zero attached hydrogens (tertiary/aromatic N) is 4. The molecule has 1 aliphatic heterocycles. The summed E-state index contributed by atoms with van der Waals surface area (Å²) in [5.74, 6) is 1.53. The highest BCUT2D eigenvalue weighted by atomic mass is 16.5. The first-order valence-corrected chi connectivity index (χ1v) is 6.10. The van der Waals surface area contributed by atoms with Gasteiger partial charge < -0.3 is 20.1 Å². The summed E-state index contributed by atoms with van der Waals surface area (Å²) in [6, 6.07) is 0.314. The minimum absolute atomic E-state index is 0.260. The molecule has 1 saturated heterocycles. The molecule has 0 radical (unpaired) electrons. The Hall–Kier alpha value is -1.63. The molecule has 1 aliphatic rings. The Labute approximate surface area is 106 Å². The molecule has 0 aliphatic carbocycles. The lowest BCUT2D eigenvalue weighted by Crippen LogP contribution is -2.36. The van der Waals surface area contributed by atoms with Gasteiger partial charge in [-0.25, -0.2) is 0 Å². The average Bonchev–Trinajstić information content (AvgIpc) is 2.46. The summed E-state index contributed by atoms with van der Waals surface area (Å²) in [5.41, 5.74) is 0. The minimum Gasteiger partial charge on any atom is -0.467 e. The normalized spacial score (nSPS) is 16.7. The number of hydrogen-bond acceptors (Lipinski definition) is 7. The highest BCUT2D eigenvalue weighted by Gasteiger charge is 2.21. The van der Waals surface area contributed by atoms with Gasteiger partial charge in [0.15, 0.2) is 0 Å². The lowest BCUT2D eigenvalue weighted by Gasteiger charge is -2.31. The number of aliphatic hydroxyl groups is 1. The van der Waals surface area contributed by atoms with Gasteiger partial charge in [-0.1, -0.05) is 0 Å². The number of ether oxygens (including phenoxy) is 1. The van der Waals surface area contributed by atoms with Crippen molar-refractivity contribution in [3.8, 4) is 6.01 Å². The molecule has 1 aromatic rings. The van der Waals surface area contributed by atoms with Crippen molar-refractivity contribution in [2.24, 2.45) is 5.92 Å². The molecule has 0 saturated carbocycles. The molecule has 7 nitrogen and oxygen atoms in total. The van der Waals surface area contributed by atoms with Crippen LogP contribution in [-0.4, -0.2) is 53.9 Å². The maximum absolute atomic E-state index is 9.12. The van der Waals surface area contributed by atoms with Crippen molar-refractivity contribution in [1.82, 2.24) is 15.0 Å². The third-order valence-electron chi connectivity index (χ3n) is 3.16. The highest BCUT2D eigenvalue weighted by molar-refractivity contribution is 5.38. The fraction of sp³-hybridized carbons (Fsp3) is 0.727. The zero-order valence-corrected chi connectivity index (χ0v) is 10.8. The van der Waals surface area contributed by atoms with E-state index in [2.05, 4.69) is 25.2 Å². The van der Waals surface area contributed by atoms with E-state index in [1.54, 1.807) is 7.05 Å². The molecule has 0 atom stereocenters. The molecule has 1 aromatic heterocycles. The zero-order chi connectivity index (χ0) is 13.0. The zero-order valence-electron chi connectivity index (χ0n) is 10.8. The molecular formula is C11H19N5O2. The summed E-state index contributed by atoms with van der Waals surface area (Å²) in [4.78, 5) is 14.7. The first-order valence-electron chi connectivity index (χ1n) is 6.10. The van der Waals surface area contributed by atoms with Gasteiger partial charge in [0.25, 0.3) is 0 Å². The van der Waals surface area contributed by atoms with Crippen molar-refractivity contribution in [2.45, 2.75) is 12.8 Å². The molecule has 0 aromatic carbocycles. The predicted octanol–water partition coefficient (Wildman–Crippen LogP) is 0.131. The van der Waals surface area contributed by atoms with Crippen LogP contribution in [0.25, 0.3) is 0 Å². The van der Waals surface area contributed by atoms with Gasteiger partial charge in [0.05, 0.1) is 7.11 Å². The first kappa shape index (κ1) is 12.8. The van der Waals surface area contributed by atoms with Crippen molar-refractivity contribution in [3.05, 3.63) is 0 Å². The Morgan fingerprint density at radius 2 is 2.06 bits per heavy atom. The fourth-order valence-electron chi connectivity index (χ4n) is 2.01. The first-order chi connectivity index (χ1) is 8.76. The Bertz CT molecular complexity index is 371. The number of aromatic nitrogens is 3. The maximum Gasteiger partial charge on any atom is 0.322 e. The second-order valence-electron chi connectivity index (χ2n) is 4.31. The summed E-state index contributed by atoms with van der Waals surface area (Å²) < 4.78 is 5.06. The number of methoxy groups -OCH3 is 1. The molecule has 0 amide bonds. The third kappa shape index (κ3) is 2.79. The predicted molar refractivity (Wildman–Crippen MR) is 67.9 cm³/mol. The van der Waals surface area contributed by atoms with Gasteiger partial charge in [-0.05, 0) is 18.8 Å². The highest BCUT2D eigenvalue weighted by Crippen LogP contribution is 2.22. The Balaban J connectivity index is 2.13. The average molecular weight is 253 g/mol. The van der Waals surface area contributed by atoms with Crippen LogP contribution in [-0.2, 0) is 0 Å². The van der Waals surface area contributed by atoms with Crippen LogP contribution in [0, 0.1) is 5.92 Å². The van der Waals surface area contributed by atoms with Gasteiger partial charge in [0.2, 0.25) is 11.9 Å². The molecule has 0 unspecified atom stereocenters. The van der Waals surface area contributed by atoms with Crippen molar-refractivity contribution in [1.29, 1.82) is 0 Å². The van der Waals surface area contributed by atoms with Gasteiger partial charge in [0, 0.05) is 26.7 Å². The van der Waals surface area contributed by atoms with Gasteiger partial charge >= 0.3 is 6.01 Å². The van der Waals surface area contributed by atoms with E-state index >= 15 is 0 Å². The molecule has 2 rings (SSSR count). The molecule has 0 bridgehead atoms. The van der Waals surface area contributed by atoms with Gasteiger partial charge in [0.1, 0.15) is 0 Å². The number of aliphatic hydroxyl groups excluding tert-OH is 1. The second kappa shape index (κ2) is 5.81. The van der Waals surface area contributed by atoms with Crippen molar-refractivity contribution < 1.29 is 9.84 Å². The lowest BCUT2D eigenvalue weighted by atomic mass is 9.98. The van der Waals surface area contributed by atoms with Crippen LogP contribution in [0.3, 0.4) is 0 Å². The number of piperidine rings is 1. The Morgan fingerprint density at radius 1 is 1.33 bits per heavy atom. The summed E-state index contributed by atoms with van der Waals surface area (Å²) in [6.07, 6.45) is 1.92. The van der Waals surface area contributed by atoms with Gasteiger partial charge in [-0.2, -0.15) is 15.0 Å². The number of nitrogens with one attached hydrogen (secondary N) is 1. The number of anilines is 2. The number of hydrogen-bond donors (Lipinski definition) is 2. The monoisotopic (exact) mass is 253 g/mol. The quantitative estimate of drug-likeness (QED) is 0.789. The van der Waals surface area contributed by atoms with Gasteiger partial charge in [-0.15, -0.1) is 0 Å².